The van der Waals surface area contributed by atoms with Crippen molar-refractivity contribution in [3.05, 3.63) is 65.7 Å². The van der Waals surface area contributed by atoms with E-state index < -0.39 is 0 Å². The molecule has 3 heterocycles. The zero-order chi connectivity index (χ0) is 22.5. The first-order valence-electron chi connectivity index (χ1n) is 10.9. The molecule has 7 heteroatoms. The Bertz CT molecular complexity index is 1140. The summed E-state index contributed by atoms with van der Waals surface area (Å²) < 4.78 is 0. The van der Waals surface area contributed by atoms with Gasteiger partial charge in [-0.2, -0.15) is 5.26 Å². The fourth-order valence-corrected chi connectivity index (χ4v) is 3.66. The van der Waals surface area contributed by atoms with Gasteiger partial charge in [-0.05, 0) is 42.7 Å². The molecule has 1 aliphatic heterocycles. The number of hydrogen-bond donors (Lipinski definition) is 1. The number of anilines is 2. The summed E-state index contributed by atoms with van der Waals surface area (Å²) in [7, 11) is 0. The van der Waals surface area contributed by atoms with Crippen LogP contribution in [0.4, 0.5) is 11.5 Å². The lowest BCUT2D eigenvalue weighted by Gasteiger charge is -2.16. The highest BCUT2D eigenvalue weighted by molar-refractivity contribution is 5.93. The Balaban J connectivity index is 1.51. The largest absolute Gasteiger partial charge is 0.357 e. The lowest BCUT2D eigenvalue weighted by Crippen LogP contribution is -2.18. The highest BCUT2D eigenvalue weighted by atomic mass is 16.1. The Kier molecular flexibility index (Phi) is 6.41. The van der Waals surface area contributed by atoms with Crippen LogP contribution in [-0.2, 0) is 11.2 Å². The van der Waals surface area contributed by atoms with Crippen LogP contribution in [0.3, 0.4) is 0 Å². The van der Waals surface area contributed by atoms with Gasteiger partial charge in [-0.25, -0.2) is 15.0 Å². The summed E-state index contributed by atoms with van der Waals surface area (Å²) in [5.41, 5.74) is 3.49. The van der Waals surface area contributed by atoms with Crippen molar-refractivity contribution in [2.75, 3.05) is 23.3 Å². The molecule has 0 unspecified atom stereocenters. The molecule has 1 saturated heterocycles. The predicted octanol–water partition coefficient (Wildman–Crippen LogP) is 4.20. The quantitative estimate of drug-likeness (QED) is 0.635. The van der Waals surface area contributed by atoms with Crippen LogP contribution in [0, 0.1) is 17.2 Å². The minimum atomic E-state index is -0.162. The minimum Gasteiger partial charge on any atom is -0.357 e. The Morgan fingerprint density at radius 1 is 1.16 bits per heavy atom. The Morgan fingerprint density at radius 2 is 1.97 bits per heavy atom. The molecule has 3 aromatic rings. The number of carbonyl (C=O) groups is 1. The molecule has 2 aromatic heterocycles. The number of nitrogens with zero attached hydrogens (tertiary/aromatic N) is 5. The molecule has 0 saturated carbocycles. The van der Waals surface area contributed by atoms with E-state index in [0.29, 0.717) is 23.5 Å². The molecule has 7 nitrogen and oxygen atoms in total. The van der Waals surface area contributed by atoms with Crippen LogP contribution in [0.15, 0.2) is 48.8 Å². The van der Waals surface area contributed by atoms with E-state index in [1.54, 1.807) is 18.3 Å². The van der Waals surface area contributed by atoms with Gasteiger partial charge in [0.15, 0.2) is 0 Å². The molecule has 0 spiro atoms. The van der Waals surface area contributed by atoms with Crippen LogP contribution in [-0.4, -0.2) is 33.9 Å². The van der Waals surface area contributed by atoms with E-state index in [0.717, 1.165) is 35.7 Å². The Labute approximate surface area is 188 Å². The molecule has 0 bridgehead atoms. The number of aromatic nitrogens is 3. The van der Waals surface area contributed by atoms with Gasteiger partial charge in [0.05, 0.1) is 16.9 Å². The molecule has 1 fully saturated rings. The fourth-order valence-electron chi connectivity index (χ4n) is 3.66. The smallest absolute Gasteiger partial charge is 0.226 e. The Hall–Kier alpha value is -3.79. The third-order valence-corrected chi connectivity index (χ3v) is 5.52. The van der Waals surface area contributed by atoms with Crippen LogP contribution in [0.5, 0.6) is 0 Å². The predicted molar refractivity (Wildman–Crippen MR) is 124 cm³/mol. The van der Waals surface area contributed by atoms with Crippen molar-refractivity contribution < 1.29 is 4.79 Å². The second kappa shape index (κ2) is 9.56. The molecule has 0 atom stereocenters. The van der Waals surface area contributed by atoms with Gasteiger partial charge < -0.3 is 10.2 Å². The highest BCUT2D eigenvalue weighted by Crippen LogP contribution is 2.25. The van der Waals surface area contributed by atoms with E-state index in [2.05, 4.69) is 43.4 Å². The minimum absolute atomic E-state index is 0.122. The molecule has 0 aliphatic carbocycles. The molecule has 1 aliphatic rings. The number of carbonyl (C=O) groups excluding carboxylic acids is 1. The maximum absolute atomic E-state index is 12.0. The Morgan fingerprint density at radius 3 is 2.66 bits per heavy atom. The number of nitriles is 1. The maximum atomic E-state index is 12.0. The summed E-state index contributed by atoms with van der Waals surface area (Å²) in [5, 5.41) is 12.4. The highest BCUT2D eigenvalue weighted by Gasteiger charge is 2.14. The van der Waals surface area contributed by atoms with Gasteiger partial charge in [0.1, 0.15) is 17.7 Å². The number of rotatable bonds is 6. The van der Waals surface area contributed by atoms with Crippen molar-refractivity contribution in [1.82, 2.24) is 15.0 Å². The zero-order valence-corrected chi connectivity index (χ0v) is 18.4. The average molecular weight is 427 g/mol. The third-order valence-electron chi connectivity index (χ3n) is 5.52. The first kappa shape index (κ1) is 21.4. The van der Waals surface area contributed by atoms with Crippen LogP contribution in [0.2, 0.25) is 0 Å². The number of benzene rings is 1. The summed E-state index contributed by atoms with van der Waals surface area (Å²) >= 11 is 0. The number of pyridine rings is 1. The summed E-state index contributed by atoms with van der Waals surface area (Å²) in [6.45, 7) is 5.77. The molecular formula is C25H26N6O. The van der Waals surface area contributed by atoms with Crippen LogP contribution in [0.25, 0.3) is 11.3 Å². The molecule has 1 amide bonds. The van der Waals surface area contributed by atoms with Crippen molar-refractivity contribution >= 4 is 17.4 Å². The number of hydrogen-bond acceptors (Lipinski definition) is 6. The van der Waals surface area contributed by atoms with Gasteiger partial charge in [0.25, 0.3) is 0 Å². The van der Waals surface area contributed by atoms with Crippen molar-refractivity contribution in [3.8, 4) is 17.3 Å². The van der Waals surface area contributed by atoms with Crippen molar-refractivity contribution in [3.63, 3.8) is 0 Å². The summed E-state index contributed by atoms with van der Waals surface area (Å²) in [6, 6.07) is 13.5. The van der Waals surface area contributed by atoms with Crippen molar-refractivity contribution in [2.24, 2.45) is 5.92 Å². The average Bonchev–Trinajstić information content (AvgIpc) is 3.35. The molecule has 1 aromatic carbocycles. The molecule has 0 radical (unpaired) electrons. The standard InChI is InChI=1S/C25H26N6O/c1-17(2)25(32)30-21-7-6-19(14-20(21)15-26)22-9-10-27-23(29-22)13-18-5-8-24(28-16-18)31-11-3-4-12-31/h5-10,14,16-17H,3-4,11-13H2,1-2H3,(H,30,32). The van der Waals surface area contributed by atoms with Crippen LogP contribution >= 0.6 is 0 Å². The van der Waals surface area contributed by atoms with Crippen LogP contribution in [0.1, 0.15) is 43.6 Å². The van der Waals surface area contributed by atoms with E-state index in [-0.39, 0.29) is 11.8 Å². The van der Waals surface area contributed by atoms with E-state index in [9.17, 15) is 10.1 Å². The molecule has 1 N–H and O–H groups in total. The number of nitrogens with one attached hydrogen (secondary N) is 1. The fraction of sp³-hybridized carbons (Fsp3) is 0.320. The summed E-state index contributed by atoms with van der Waals surface area (Å²) in [4.78, 5) is 28.0. The SMILES string of the molecule is CC(C)C(=O)Nc1ccc(-c2ccnc(Cc3ccc(N4CCCC4)nc3)n2)cc1C#N. The normalized spacial score (nSPS) is 13.2. The molecule has 4 rings (SSSR count). The van der Waals surface area contributed by atoms with Crippen LogP contribution < -0.4 is 10.2 Å². The first-order valence-corrected chi connectivity index (χ1v) is 10.9. The van der Waals surface area contributed by atoms with E-state index in [4.69, 9.17) is 0 Å². The van der Waals surface area contributed by atoms with Gasteiger partial charge >= 0.3 is 0 Å². The van der Waals surface area contributed by atoms with Gasteiger partial charge in [-0.3, -0.25) is 4.79 Å². The van der Waals surface area contributed by atoms with E-state index in [1.165, 1.54) is 12.8 Å². The lowest BCUT2D eigenvalue weighted by atomic mass is 10.1. The second-order valence-corrected chi connectivity index (χ2v) is 8.27. The van der Waals surface area contributed by atoms with Gasteiger partial charge in [0, 0.05) is 43.4 Å². The number of amides is 1. The third kappa shape index (κ3) is 4.92. The van der Waals surface area contributed by atoms with Crippen molar-refractivity contribution in [2.45, 2.75) is 33.1 Å². The first-order chi connectivity index (χ1) is 15.5. The van der Waals surface area contributed by atoms with E-state index in [1.807, 2.05) is 32.2 Å². The van der Waals surface area contributed by atoms with Gasteiger partial charge in [-0.15, -0.1) is 0 Å². The monoisotopic (exact) mass is 426 g/mol. The lowest BCUT2D eigenvalue weighted by molar-refractivity contribution is -0.118. The van der Waals surface area contributed by atoms with E-state index >= 15 is 0 Å². The zero-order valence-electron chi connectivity index (χ0n) is 18.4. The molecule has 32 heavy (non-hydrogen) atoms. The topological polar surface area (TPSA) is 94.8 Å². The van der Waals surface area contributed by atoms with Crippen molar-refractivity contribution in [1.29, 1.82) is 5.26 Å². The van der Waals surface area contributed by atoms with Gasteiger partial charge in [0.2, 0.25) is 5.91 Å². The summed E-state index contributed by atoms with van der Waals surface area (Å²) in [6.07, 6.45) is 6.65. The second-order valence-electron chi connectivity index (χ2n) is 8.27. The maximum Gasteiger partial charge on any atom is 0.226 e. The summed E-state index contributed by atoms with van der Waals surface area (Å²) in [5.74, 6) is 1.43. The molecular weight excluding hydrogens is 400 g/mol. The van der Waals surface area contributed by atoms with Gasteiger partial charge in [-0.1, -0.05) is 26.0 Å². The molecule has 162 valence electrons.